The number of hydrogen-bond acceptors (Lipinski definition) is 11. The third kappa shape index (κ3) is 8.27. The van der Waals surface area contributed by atoms with E-state index in [-0.39, 0.29) is 89.0 Å². The molecule has 5 N–H and O–H groups in total. The normalized spacial score (nSPS) is 19.9. The van der Waals surface area contributed by atoms with Gasteiger partial charge >= 0.3 is 59.1 Å². The van der Waals surface area contributed by atoms with E-state index in [2.05, 4.69) is 25.9 Å². The number of carboxylic acid groups (broad SMARTS) is 2. The van der Waals surface area contributed by atoms with Gasteiger partial charge in [-0.25, -0.2) is 0 Å². The van der Waals surface area contributed by atoms with Crippen molar-refractivity contribution >= 4 is 41.2 Å². The van der Waals surface area contributed by atoms with E-state index < -0.39 is 36.4 Å². The minimum atomic E-state index is -1.58. The molecule has 0 bridgehead atoms. The number of benzene rings is 1. The molecule has 0 aromatic heterocycles. The molecule has 13 nitrogen and oxygen atoms in total. The van der Waals surface area contributed by atoms with Gasteiger partial charge < -0.3 is 36.2 Å². The van der Waals surface area contributed by atoms with Gasteiger partial charge in [0.25, 0.3) is 11.8 Å². The summed E-state index contributed by atoms with van der Waals surface area (Å²) >= 11 is 0. The third-order valence-corrected chi connectivity index (χ3v) is 5.34. The third-order valence-electron chi connectivity index (χ3n) is 5.34. The number of fused-ring (bicyclic) bond motifs is 1. The van der Waals surface area contributed by atoms with E-state index in [4.69, 9.17) is 5.73 Å². The van der Waals surface area contributed by atoms with Crippen molar-refractivity contribution in [1.82, 2.24) is 15.5 Å². The van der Waals surface area contributed by atoms with Crippen LogP contribution in [0.3, 0.4) is 0 Å². The molecule has 0 saturated carbocycles. The molecule has 1 aromatic rings. The summed E-state index contributed by atoms with van der Waals surface area (Å²) in [6, 6.07) is 4.09. The molecule has 0 radical (unpaired) electrons. The van der Waals surface area contributed by atoms with Crippen LogP contribution in [0.1, 0.15) is 23.2 Å². The van der Waals surface area contributed by atoms with Crippen LogP contribution in [0.25, 0.3) is 0 Å². The van der Waals surface area contributed by atoms with Crippen LogP contribution in [0.5, 0.6) is 0 Å². The summed E-state index contributed by atoms with van der Waals surface area (Å²) in [5.41, 5.74) is 6.45. The number of amidine groups is 1. The number of hydrogen-bond donors (Lipinski definition) is 4. The SMILES string of the molecule is CN1C2C(=O)NC(N)=NC2=NC[C@@H]1CNc1ccc(C(=O)N[C@@H](CCC(=O)[O-])C(=O)[O-])cc1.[Na+].[Na+]. The van der Waals surface area contributed by atoms with Crippen LogP contribution >= 0.6 is 0 Å². The molecule has 0 fully saturated rings. The van der Waals surface area contributed by atoms with Crippen molar-refractivity contribution in [2.75, 3.05) is 25.5 Å². The summed E-state index contributed by atoms with van der Waals surface area (Å²) in [5.74, 6) is -3.57. The Morgan fingerprint density at radius 2 is 1.89 bits per heavy atom. The zero-order valence-electron chi connectivity index (χ0n) is 19.7. The number of rotatable bonds is 9. The summed E-state index contributed by atoms with van der Waals surface area (Å²) < 4.78 is 0. The number of guanidine groups is 1. The molecule has 0 saturated heterocycles. The molecule has 3 atom stereocenters. The molecule has 1 unspecified atom stereocenters. The van der Waals surface area contributed by atoms with E-state index in [1.807, 2.05) is 4.90 Å². The van der Waals surface area contributed by atoms with Crippen LogP contribution in [0.15, 0.2) is 34.3 Å². The van der Waals surface area contributed by atoms with Gasteiger partial charge in [-0.15, -0.1) is 0 Å². The number of carbonyl (C=O) groups is 4. The Bertz CT molecular complexity index is 1020. The van der Waals surface area contributed by atoms with E-state index in [1.54, 1.807) is 19.2 Å². The van der Waals surface area contributed by atoms with Crippen LogP contribution in [0, 0.1) is 0 Å². The van der Waals surface area contributed by atoms with E-state index in [1.165, 1.54) is 12.1 Å². The zero-order valence-corrected chi connectivity index (χ0v) is 23.7. The monoisotopic (exact) mass is 503 g/mol. The maximum Gasteiger partial charge on any atom is 1.00 e. The summed E-state index contributed by atoms with van der Waals surface area (Å²) in [6.45, 7) is 0.869. The predicted octanol–water partition coefficient (Wildman–Crippen LogP) is -9.99. The summed E-state index contributed by atoms with van der Waals surface area (Å²) in [5, 5.41) is 29.6. The number of likely N-dealkylation sites (N-methyl/N-ethyl adjacent to an activating group) is 1. The second-order valence-corrected chi connectivity index (χ2v) is 7.62. The van der Waals surface area contributed by atoms with Crippen molar-refractivity contribution in [3.8, 4) is 0 Å². The number of amides is 2. The first-order valence-electron chi connectivity index (χ1n) is 10.1. The largest absolute Gasteiger partial charge is 1.00 e. The van der Waals surface area contributed by atoms with Gasteiger partial charge in [0.2, 0.25) is 5.96 Å². The number of carbonyl (C=O) groups excluding carboxylic acids is 4. The van der Waals surface area contributed by atoms with E-state index >= 15 is 0 Å². The molecule has 15 heteroatoms. The first-order valence-corrected chi connectivity index (χ1v) is 10.1. The molecule has 0 spiro atoms. The molecule has 0 aliphatic carbocycles. The fraction of sp³-hybridized carbons (Fsp3) is 0.400. The minimum Gasteiger partial charge on any atom is -0.550 e. The van der Waals surface area contributed by atoms with Crippen molar-refractivity contribution < 1.29 is 88.5 Å². The topological polar surface area (TPSA) is 204 Å². The molecule has 3 rings (SSSR count). The second-order valence-electron chi connectivity index (χ2n) is 7.62. The first kappa shape index (κ1) is 31.0. The van der Waals surface area contributed by atoms with Gasteiger partial charge in [-0.1, -0.05) is 0 Å². The molecule has 2 aliphatic rings. The van der Waals surface area contributed by atoms with Crippen molar-refractivity contribution in [3.63, 3.8) is 0 Å². The molecular formula is C20H23N7Na2O6. The summed E-state index contributed by atoms with van der Waals surface area (Å²) in [7, 11) is 1.80. The van der Waals surface area contributed by atoms with Crippen LogP contribution < -0.4 is 91.0 Å². The van der Waals surface area contributed by atoms with E-state index in [0.717, 1.165) is 0 Å². The van der Waals surface area contributed by atoms with Crippen LogP contribution in [0.4, 0.5) is 5.69 Å². The Morgan fingerprint density at radius 1 is 1.23 bits per heavy atom. The maximum atomic E-state index is 12.3. The van der Waals surface area contributed by atoms with Gasteiger partial charge in [0.05, 0.1) is 18.6 Å². The average Bonchev–Trinajstić information content (AvgIpc) is 2.75. The number of aliphatic carboxylic acids is 2. The van der Waals surface area contributed by atoms with Crippen molar-refractivity contribution in [1.29, 1.82) is 0 Å². The zero-order chi connectivity index (χ0) is 24.1. The first-order chi connectivity index (χ1) is 15.7. The average molecular weight is 503 g/mol. The predicted molar refractivity (Wildman–Crippen MR) is 113 cm³/mol. The molecule has 35 heavy (non-hydrogen) atoms. The van der Waals surface area contributed by atoms with Crippen molar-refractivity contribution in [2.45, 2.75) is 31.0 Å². The number of nitrogens with two attached hydrogens (primary N) is 1. The fourth-order valence-electron chi connectivity index (χ4n) is 3.49. The Labute approximate surface area is 245 Å². The van der Waals surface area contributed by atoms with Gasteiger partial charge in [-0.05, 0) is 44.2 Å². The molecular weight excluding hydrogens is 480 g/mol. The molecule has 2 amide bonds. The fourth-order valence-corrected chi connectivity index (χ4v) is 3.49. The number of anilines is 1. The van der Waals surface area contributed by atoms with Crippen LogP contribution in [-0.2, 0) is 14.4 Å². The van der Waals surface area contributed by atoms with Gasteiger partial charge in [-0.2, -0.15) is 4.99 Å². The Hall–Kier alpha value is -2.00. The quantitative estimate of drug-likeness (QED) is 0.236. The van der Waals surface area contributed by atoms with E-state index in [0.29, 0.717) is 24.6 Å². The number of aliphatic imine (C=N–C) groups is 2. The summed E-state index contributed by atoms with van der Waals surface area (Å²) in [6.07, 6.45) is -0.864. The molecule has 176 valence electrons. The second kappa shape index (κ2) is 13.9. The molecule has 1 aromatic carbocycles. The van der Waals surface area contributed by atoms with Crippen molar-refractivity contribution in [2.24, 2.45) is 15.7 Å². The van der Waals surface area contributed by atoms with Gasteiger partial charge in [0.15, 0.2) is 11.9 Å². The van der Waals surface area contributed by atoms with Gasteiger partial charge in [-0.3, -0.25) is 24.8 Å². The van der Waals surface area contributed by atoms with Crippen LogP contribution in [-0.4, -0.2) is 78.7 Å². The number of carboxylic acids is 2. The standard InChI is InChI=1S/C20H25N7O6.2Na/c1-27-12(9-23-16-15(27)18(31)26-20(21)25-16)8-22-11-4-2-10(3-5-11)17(30)24-13(19(32)33)6-7-14(28)29;;/h2-5,12-13,15,22H,6-9H2,1H3,(H,24,30)(H,28,29)(H,32,33)(H3,21,23,25,26,31);;/q;2*+1/p-2/t12-,13-,15?;;/m0../s1. The molecule has 2 aliphatic heterocycles. The molecule has 2 heterocycles. The smallest absolute Gasteiger partial charge is 0.550 e. The Balaban J connectivity index is 0.00000306. The van der Waals surface area contributed by atoms with Crippen molar-refractivity contribution in [3.05, 3.63) is 29.8 Å². The van der Waals surface area contributed by atoms with Crippen LogP contribution in [0.2, 0.25) is 0 Å². The minimum absolute atomic E-state index is 0. The Morgan fingerprint density at radius 3 is 2.49 bits per heavy atom. The maximum absolute atomic E-state index is 12.3. The Kier molecular flexibility index (Phi) is 12.3. The summed E-state index contributed by atoms with van der Waals surface area (Å²) in [4.78, 5) is 56.5. The number of nitrogens with one attached hydrogen (secondary N) is 3. The van der Waals surface area contributed by atoms with Gasteiger partial charge in [0, 0.05) is 29.8 Å². The van der Waals surface area contributed by atoms with E-state index in [9.17, 15) is 29.4 Å². The number of nitrogens with zero attached hydrogens (tertiary/aromatic N) is 3. The van der Waals surface area contributed by atoms with Gasteiger partial charge in [0.1, 0.15) is 0 Å².